The van der Waals surface area contributed by atoms with E-state index in [-0.39, 0.29) is 5.12 Å². The summed E-state index contributed by atoms with van der Waals surface area (Å²) in [6.45, 7) is 1.76. The number of halogens is 1. The molecule has 0 fully saturated rings. The molecule has 0 aliphatic rings. The first kappa shape index (κ1) is 11.4. The third-order valence-corrected chi connectivity index (χ3v) is 3.22. The van der Waals surface area contributed by atoms with E-state index in [1.807, 2.05) is 24.3 Å². The van der Waals surface area contributed by atoms with E-state index < -0.39 is 0 Å². The lowest BCUT2D eigenvalue weighted by molar-refractivity contribution is 0.108. The Kier molecular flexibility index (Phi) is 3.46. The number of hydrogen-bond acceptors (Lipinski definition) is 4. The van der Waals surface area contributed by atoms with Gasteiger partial charge < -0.3 is 4.52 Å². The maximum Gasteiger partial charge on any atom is 0.246 e. The molecule has 0 spiro atoms. The summed E-state index contributed by atoms with van der Waals surface area (Å²) >= 11 is 4.49. The predicted octanol–water partition coefficient (Wildman–Crippen LogP) is 3.68. The summed E-state index contributed by atoms with van der Waals surface area (Å²) in [5.74, 6) is 0.637. The van der Waals surface area contributed by atoms with Gasteiger partial charge in [0.1, 0.15) is 5.76 Å². The third-order valence-electron chi connectivity index (χ3n) is 1.84. The molecule has 82 valence electrons. The van der Waals surface area contributed by atoms with Crippen LogP contribution in [0.1, 0.15) is 16.2 Å². The lowest BCUT2D eigenvalue weighted by atomic mass is 10.4. The third kappa shape index (κ3) is 2.74. The zero-order valence-electron chi connectivity index (χ0n) is 8.44. The fourth-order valence-corrected chi connectivity index (χ4v) is 2.45. The molecule has 0 unspecified atom stereocenters. The van der Waals surface area contributed by atoms with Crippen molar-refractivity contribution in [1.29, 1.82) is 0 Å². The van der Waals surface area contributed by atoms with Crippen molar-refractivity contribution in [3.8, 4) is 0 Å². The smallest absolute Gasteiger partial charge is 0.246 e. The highest BCUT2D eigenvalue weighted by atomic mass is 79.9. The Morgan fingerprint density at radius 2 is 2.25 bits per heavy atom. The molecule has 0 N–H and O–H groups in total. The molecule has 0 atom stereocenters. The van der Waals surface area contributed by atoms with E-state index in [0.717, 1.165) is 21.1 Å². The topological polar surface area (TPSA) is 43.1 Å². The zero-order chi connectivity index (χ0) is 11.5. The van der Waals surface area contributed by atoms with Gasteiger partial charge in [-0.1, -0.05) is 27.2 Å². The van der Waals surface area contributed by atoms with Gasteiger partial charge in [-0.3, -0.25) is 4.79 Å². The van der Waals surface area contributed by atoms with Crippen LogP contribution in [0, 0.1) is 6.92 Å². The summed E-state index contributed by atoms with van der Waals surface area (Å²) in [5, 5.41) is 3.56. The second-order valence-corrected chi connectivity index (χ2v) is 5.13. The van der Waals surface area contributed by atoms with Crippen LogP contribution in [0.25, 0.3) is 0 Å². The zero-order valence-corrected chi connectivity index (χ0v) is 10.8. The molecular weight excluding hydrogens is 290 g/mol. The number of rotatable bonds is 2. The molecule has 3 nitrogen and oxygen atoms in total. The number of nitrogens with zero attached hydrogens (tertiary/aromatic N) is 1. The average molecular weight is 298 g/mol. The number of aromatic nitrogens is 1. The van der Waals surface area contributed by atoms with Crippen LogP contribution in [0.5, 0.6) is 0 Å². The molecule has 0 bridgehead atoms. The van der Waals surface area contributed by atoms with Crippen molar-refractivity contribution in [2.75, 3.05) is 0 Å². The minimum absolute atomic E-state index is 0.116. The normalized spacial score (nSPS) is 10.4. The molecule has 0 saturated carbocycles. The minimum Gasteiger partial charge on any atom is -0.361 e. The Hall–Kier alpha value is -1.07. The summed E-state index contributed by atoms with van der Waals surface area (Å²) in [5.41, 5.74) is 0.350. The number of benzene rings is 1. The van der Waals surface area contributed by atoms with E-state index in [0.29, 0.717) is 11.5 Å². The van der Waals surface area contributed by atoms with E-state index in [2.05, 4.69) is 21.1 Å². The SMILES string of the molecule is Cc1cc(C(=O)Sc2cccc(Br)c2)no1. The predicted molar refractivity (Wildman–Crippen MR) is 65.6 cm³/mol. The van der Waals surface area contributed by atoms with Gasteiger partial charge in [-0.25, -0.2) is 0 Å². The lowest BCUT2D eigenvalue weighted by Crippen LogP contribution is -1.92. The quantitative estimate of drug-likeness (QED) is 0.793. The summed E-state index contributed by atoms with van der Waals surface area (Å²) in [6.07, 6.45) is 0. The van der Waals surface area contributed by atoms with E-state index >= 15 is 0 Å². The molecule has 5 heteroatoms. The number of thioether (sulfide) groups is 1. The monoisotopic (exact) mass is 297 g/mol. The number of carbonyl (C=O) groups is 1. The summed E-state index contributed by atoms with van der Waals surface area (Å²) in [6, 6.07) is 9.19. The molecule has 0 amide bonds. The fourth-order valence-electron chi connectivity index (χ4n) is 1.15. The molecule has 0 saturated heterocycles. The minimum atomic E-state index is -0.116. The molecule has 2 aromatic rings. The maximum atomic E-state index is 11.8. The van der Waals surface area contributed by atoms with Crippen LogP contribution < -0.4 is 0 Å². The summed E-state index contributed by atoms with van der Waals surface area (Å²) < 4.78 is 5.80. The van der Waals surface area contributed by atoms with Crippen molar-refractivity contribution >= 4 is 32.8 Å². The van der Waals surface area contributed by atoms with Crippen molar-refractivity contribution in [2.24, 2.45) is 0 Å². The van der Waals surface area contributed by atoms with Gasteiger partial charge in [0.2, 0.25) is 5.12 Å². The van der Waals surface area contributed by atoms with Crippen molar-refractivity contribution < 1.29 is 9.32 Å². The molecule has 0 radical (unpaired) electrons. The maximum absolute atomic E-state index is 11.8. The van der Waals surface area contributed by atoms with Gasteiger partial charge in [0.15, 0.2) is 5.69 Å². The van der Waals surface area contributed by atoms with Crippen molar-refractivity contribution in [3.05, 3.63) is 46.3 Å². The van der Waals surface area contributed by atoms with E-state index in [1.54, 1.807) is 13.0 Å². The highest BCUT2D eigenvalue weighted by molar-refractivity contribution is 9.10. The molecule has 16 heavy (non-hydrogen) atoms. The Labute approximate surface area is 105 Å². The summed E-state index contributed by atoms with van der Waals surface area (Å²) in [4.78, 5) is 12.6. The Morgan fingerprint density at radius 3 is 2.88 bits per heavy atom. The second-order valence-electron chi connectivity index (χ2n) is 3.17. The second kappa shape index (κ2) is 4.84. The van der Waals surface area contributed by atoms with E-state index in [9.17, 15) is 4.79 Å². The van der Waals surface area contributed by atoms with E-state index in [1.165, 1.54) is 0 Å². The molecule has 0 aliphatic heterocycles. The first-order valence-corrected chi connectivity index (χ1v) is 6.17. The van der Waals surface area contributed by atoms with Gasteiger partial charge in [-0.05, 0) is 36.9 Å². The van der Waals surface area contributed by atoms with Gasteiger partial charge in [0.05, 0.1) is 0 Å². The standard InChI is InChI=1S/C11H8BrNO2S/c1-7-5-10(13-15-7)11(14)16-9-4-2-3-8(12)6-9/h2-6H,1H3. The summed E-state index contributed by atoms with van der Waals surface area (Å²) in [7, 11) is 0. The Bertz CT molecular complexity index is 524. The number of aryl methyl sites for hydroxylation is 1. The van der Waals surface area contributed by atoms with E-state index in [4.69, 9.17) is 4.52 Å². The van der Waals surface area contributed by atoms with Crippen LogP contribution in [0.2, 0.25) is 0 Å². The Morgan fingerprint density at radius 1 is 1.44 bits per heavy atom. The fraction of sp³-hybridized carbons (Fsp3) is 0.0909. The van der Waals surface area contributed by atoms with Gasteiger partial charge in [0, 0.05) is 15.4 Å². The van der Waals surface area contributed by atoms with Crippen LogP contribution in [0.4, 0.5) is 0 Å². The van der Waals surface area contributed by atoms with Crippen molar-refractivity contribution in [2.45, 2.75) is 11.8 Å². The first-order valence-electron chi connectivity index (χ1n) is 4.56. The van der Waals surface area contributed by atoms with Crippen molar-refractivity contribution in [3.63, 3.8) is 0 Å². The molecule has 1 aromatic heterocycles. The molecule has 0 aliphatic carbocycles. The lowest BCUT2D eigenvalue weighted by Gasteiger charge is -1.97. The highest BCUT2D eigenvalue weighted by Crippen LogP contribution is 2.25. The van der Waals surface area contributed by atoms with Gasteiger partial charge in [-0.2, -0.15) is 0 Å². The van der Waals surface area contributed by atoms with Crippen LogP contribution in [-0.4, -0.2) is 10.3 Å². The van der Waals surface area contributed by atoms with Gasteiger partial charge in [0.25, 0.3) is 0 Å². The van der Waals surface area contributed by atoms with Crippen LogP contribution in [-0.2, 0) is 0 Å². The Balaban J connectivity index is 2.13. The highest BCUT2D eigenvalue weighted by Gasteiger charge is 2.12. The number of hydrogen-bond donors (Lipinski definition) is 0. The molecule has 1 heterocycles. The van der Waals surface area contributed by atoms with Gasteiger partial charge >= 0.3 is 0 Å². The molecule has 1 aromatic carbocycles. The molecular formula is C11H8BrNO2S. The van der Waals surface area contributed by atoms with Gasteiger partial charge in [-0.15, -0.1) is 0 Å². The first-order chi connectivity index (χ1) is 7.65. The molecule has 2 rings (SSSR count). The van der Waals surface area contributed by atoms with Crippen LogP contribution >= 0.6 is 27.7 Å². The largest absolute Gasteiger partial charge is 0.361 e. The van der Waals surface area contributed by atoms with Crippen LogP contribution in [0.15, 0.2) is 44.2 Å². The van der Waals surface area contributed by atoms with Crippen molar-refractivity contribution in [1.82, 2.24) is 5.16 Å². The average Bonchev–Trinajstić information content (AvgIpc) is 2.65. The number of carbonyl (C=O) groups excluding carboxylic acids is 1. The van der Waals surface area contributed by atoms with Crippen LogP contribution in [0.3, 0.4) is 0 Å².